The molecule has 4 aromatic heterocycles. The van der Waals surface area contributed by atoms with Crippen LogP contribution in [0, 0.1) is 0 Å². The lowest BCUT2D eigenvalue weighted by Gasteiger charge is -2.20. The largest absolute Gasteiger partial charge is 0.327 e. The molecule has 0 saturated heterocycles. The maximum atomic E-state index is 5.07. The monoisotopic (exact) mass is 645 g/mol. The number of imidazole rings is 1. The first kappa shape index (κ1) is 28.8. The van der Waals surface area contributed by atoms with Gasteiger partial charge in [0, 0.05) is 46.0 Å². The standard InChI is InChI=1S/C45H35N5/c1-45(2,3)30-23-24-46-42(26-30)50-37-15-9-7-13-33(37)34-21-19-31(27-41(34)50)49-39-22-18-28-11-5-6-12-32(28)43(39)35-20-17-29(25-40(35)49)44-47-36-14-8-10-16-38(36)48(44)4/h5-27H,1-4H3. The van der Waals surface area contributed by atoms with Crippen LogP contribution < -0.4 is 0 Å². The zero-order valence-corrected chi connectivity index (χ0v) is 28.5. The molecule has 0 atom stereocenters. The number of fused-ring (bicyclic) bond motifs is 9. The number of aromatic nitrogens is 5. The fourth-order valence-corrected chi connectivity index (χ4v) is 7.96. The zero-order chi connectivity index (χ0) is 33.7. The Labute approximate surface area is 289 Å². The highest BCUT2D eigenvalue weighted by molar-refractivity contribution is 6.22. The van der Waals surface area contributed by atoms with Gasteiger partial charge in [0.2, 0.25) is 0 Å². The van der Waals surface area contributed by atoms with Crippen molar-refractivity contribution in [3.8, 4) is 22.9 Å². The van der Waals surface area contributed by atoms with Crippen LogP contribution in [0.3, 0.4) is 0 Å². The molecule has 5 heteroatoms. The molecular weight excluding hydrogens is 611 g/mol. The average Bonchev–Trinajstić information content (AvgIpc) is 3.78. The highest BCUT2D eigenvalue weighted by Crippen LogP contribution is 2.40. The van der Waals surface area contributed by atoms with Crippen molar-refractivity contribution in [3.63, 3.8) is 0 Å². The van der Waals surface area contributed by atoms with E-state index in [1.165, 1.54) is 43.4 Å². The molecule has 0 fully saturated rings. The van der Waals surface area contributed by atoms with Gasteiger partial charge in [0.25, 0.3) is 0 Å². The molecule has 0 N–H and O–H groups in total. The first-order valence-electron chi connectivity index (χ1n) is 17.2. The molecule has 0 bridgehead atoms. The highest BCUT2D eigenvalue weighted by Gasteiger charge is 2.21. The maximum Gasteiger partial charge on any atom is 0.140 e. The molecule has 5 nitrogen and oxygen atoms in total. The summed E-state index contributed by atoms with van der Waals surface area (Å²) in [7, 11) is 2.10. The summed E-state index contributed by atoms with van der Waals surface area (Å²) in [5.74, 6) is 1.88. The third kappa shape index (κ3) is 4.13. The predicted molar refractivity (Wildman–Crippen MR) is 209 cm³/mol. The van der Waals surface area contributed by atoms with Gasteiger partial charge in [-0.1, -0.05) is 99.6 Å². The second-order valence-electron chi connectivity index (χ2n) is 14.4. The fraction of sp³-hybridized carbons (Fsp3) is 0.111. The van der Waals surface area contributed by atoms with Crippen molar-refractivity contribution in [2.45, 2.75) is 26.2 Å². The van der Waals surface area contributed by atoms with Crippen LogP contribution in [-0.4, -0.2) is 23.7 Å². The Morgan fingerprint density at radius 3 is 2.10 bits per heavy atom. The van der Waals surface area contributed by atoms with Gasteiger partial charge in [-0.15, -0.1) is 0 Å². The van der Waals surface area contributed by atoms with Gasteiger partial charge in [0.1, 0.15) is 11.6 Å². The van der Waals surface area contributed by atoms with Crippen molar-refractivity contribution < 1.29 is 0 Å². The molecule has 10 rings (SSSR count). The smallest absolute Gasteiger partial charge is 0.140 e. The summed E-state index contributed by atoms with van der Waals surface area (Å²) in [6, 6.07) is 48.3. The molecule has 0 aliphatic carbocycles. The summed E-state index contributed by atoms with van der Waals surface area (Å²) in [5, 5.41) is 7.39. The van der Waals surface area contributed by atoms with E-state index in [9.17, 15) is 0 Å². The number of hydrogen-bond acceptors (Lipinski definition) is 2. The molecule has 240 valence electrons. The van der Waals surface area contributed by atoms with Crippen molar-refractivity contribution in [1.82, 2.24) is 23.7 Å². The molecule has 6 aromatic carbocycles. The number of hydrogen-bond donors (Lipinski definition) is 0. The Hall–Kier alpha value is -6.20. The highest BCUT2D eigenvalue weighted by atomic mass is 15.1. The predicted octanol–water partition coefficient (Wildman–Crippen LogP) is 11.3. The van der Waals surface area contributed by atoms with E-state index < -0.39 is 0 Å². The minimum Gasteiger partial charge on any atom is -0.327 e. The number of benzene rings is 6. The van der Waals surface area contributed by atoms with Crippen LogP contribution in [0.15, 0.2) is 140 Å². The van der Waals surface area contributed by atoms with Crippen LogP contribution in [0.1, 0.15) is 26.3 Å². The van der Waals surface area contributed by atoms with Gasteiger partial charge >= 0.3 is 0 Å². The summed E-state index contributed by atoms with van der Waals surface area (Å²) < 4.78 is 6.96. The van der Waals surface area contributed by atoms with Crippen LogP contribution in [0.4, 0.5) is 0 Å². The van der Waals surface area contributed by atoms with Gasteiger partial charge in [-0.2, -0.15) is 0 Å². The normalized spacial score (nSPS) is 12.4. The summed E-state index contributed by atoms with van der Waals surface area (Å²) in [5.41, 5.74) is 10.2. The molecule has 0 saturated carbocycles. The van der Waals surface area contributed by atoms with Crippen molar-refractivity contribution in [2.24, 2.45) is 7.05 Å². The molecule has 0 amide bonds. The van der Waals surface area contributed by atoms with E-state index in [1.807, 2.05) is 6.20 Å². The Morgan fingerprint density at radius 1 is 0.540 bits per heavy atom. The molecule has 4 heterocycles. The summed E-state index contributed by atoms with van der Waals surface area (Å²) in [4.78, 5) is 10.0. The Bertz CT molecular complexity index is 2980. The Morgan fingerprint density at radius 2 is 1.26 bits per heavy atom. The van der Waals surface area contributed by atoms with E-state index >= 15 is 0 Å². The van der Waals surface area contributed by atoms with Crippen LogP contribution in [-0.2, 0) is 12.5 Å². The number of rotatable bonds is 3. The lowest BCUT2D eigenvalue weighted by atomic mass is 9.88. The molecule has 0 aliphatic rings. The molecule has 0 unspecified atom stereocenters. The topological polar surface area (TPSA) is 40.6 Å². The van der Waals surface area contributed by atoms with Gasteiger partial charge < -0.3 is 9.13 Å². The minimum atomic E-state index is 0.00408. The first-order valence-corrected chi connectivity index (χ1v) is 17.2. The third-order valence-corrected chi connectivity index (χ3v) is 10.5. The fourth-order valence-electron chi connectivity index (χ4n) is 7.96. The number of pyridine rings is 1. The van der Waals surface area contributed by atoms with Crippen LogP contribution in [0.25, 0.3) is 88.3 Å². The van der Waals surface area contributed by atoms with E-state index in [1.54, 1.807) is 0 Å². The van der Waals surface area contributed by atoms with Crippen molar-refractivity contribution in [3.05, 3.63) is 145 Å². The average molecular weight is 646 g/mol. The quantitative estimate of drug-likeness (QED) is 0.192. The third-order valence-electron chi connectivity index (χ3n) is 10.5. The second-order valence-corrected chi connectivity index (χ2v) is 14.4. The van der Waals surface area contributed by atoms with Gasteiger partial charge in [-0.3, -0.25) is 4.57 Å². The number of nitrogens with zero attached hydrogens (tertiary/aromatic N) is 5. The van der Waals surface area contributed by atoms with Crippen LogP contribution in [0.5, 0.6) is 0 Å². The Balaban J connectivity index is 1.29. The molecule has 10 aromatic rings. The van der Waals surface area contributed by atoms with E-state index in [0.29, 0.717) is 0 Å². The molecule has 0 aliphatic heterocycles. The van der Waals surface area contributed by atoms with Gasteiger partial charge in [-0.25, -0.2) is 9.97 Å². The SMILES string of the molecule is Cn1c(-c2ccc3c4c5ccccc5ccc4n(-c4ccc5c6ccccc6n(-c6cc(C(C)(C)C)ccn6)c5c4)c3c2)nc2ccccc21. The second kappa shape index (κ2) is 10.4. The van der Waals surface area contributed by atoms with E-state index in [0.717, 1.165) is 50.5 Å². The molecule has 0 spiro atoms. The van der Waals surface area contributed by atoms with Crippen molar-refractivity contribution in [2.75, 3.05) is 0 Å². The van der Waals surface area contributed by atoms with Gasteiger partial charge in [-0.05, 0) is 76.3 Å². The van der Waals surface area contributed by atoms with E-state index in [2.05, 4.69) is 175 Å². The molecule has 50 heavy (non-hydrogen) atoms. The van der Waals surface area contributed by atoms with Crippen LogP contribution >= 0.6 is 0 Å². The molecular formula is C45H35N5. The zero-order valence-electron chi connectivity index (χ0n) is 28.5. The van der Waals surface area contributed by atoms with Gasteiger partial charge in [0.05, 0.1) is 33.1 Å². The van der Waals surface area contributed by atoms with Gasteiger partial charge in [0.15, 0.2) is 0 Å². The van der Waals surface area contributed by atoms with E-state index in [4.69, 9.17) is 9.97 Å². The first-order chi connectivity index (χ1) is 24.3. The minimum absolute atomic E-state index is 0.00408. The molecule has 0 radical (unpaired) electrons. The lowest BCUT2D eigenvalue weighted by molar-refractivity contribution is 0.588. The number of aryl methyl sites for hydroxylation is 1. The van der Waals surface area contributed by atoms with Crippen molar-refractivity contribution in [1.29, 1.82) is 0 Å². The maximum absolute atomic E-state index is 5.07. The summed E-state index contributed by atoms with van der Waals surface area (Å²) in [6.07, 6.45) is 1.95. The summed E-state index contributed by atoms with van der Waals surface area (Å²) >= 11 is 0. The number of para-hydroxylation sites is 3. The lowest BCUT2D eigenvalue weighted by Crippen LogP contribution is -2.12. The Kier molecular flexibility index (Phi) is 5.99. The van der Waals surface area contributed by atoms with E-state index in [-0.39, 0.29) is 5.41 Å². The van der Waals surface area contributed by atoms with Crippen molar-refractivity contribution >= 4 is 65.4 Å². The van der Waals surface area contributed by atoms with Crippen LogP contribution in [0.2, 0.25) is 0 Å². The summed E-state index contributed by atoms with van der Waals surface area (Å²) in [6.45, 7) is 6.76.